The number of nitrogens with zero attached hydrogens (tertiary/aromatic N) is 5. The fraction of sp³-hybridized carbons (Fsp3) is 0.0769. The Morgan fingerprint density at radius 1 is 0.542 bits per heavy atom. The Morgan fingerprint density at radius 3 is 1.83 bits per heavy atom. The molecule has 0 atom stereocenters. The maximum Gasteiger partial charge on any atom is 0.252 e. The maximum absolute atomic E-state index is 6.48. The van der Waals surface area contributed by atoms with E-state index in [4.69, 9.17) is 9.72 Å². The van der Waals surface area contributed by atoms with Crippen molar-refractivity contribution in [2.45, 2.75) is 26.9 Å². The first-order chi connectivity index (χ1) is 29.1. The summed E-state index contributed by atoms with van der Waals surface area (Å²) in [6.45, 7) is 5.75. The van der Waals surface area contributed by atoms with E-state index in [1.54, 1.807) is 6.20 Å². The number of para-hydroxylation sites is 3. The van der Waals surface area contributed by atoms with Gasteiger partial charge in [0.25, 0.3) is 6.71 Å². The second-order valence-corrected chi connectivity index (χ2v) is 15.6. The molecule has 4 heterocycles. The fourth-order valence-electron chi connectivity index (χ4n) is 9.29. The largest absolute Gasteiger partial charge is 0.439 e. The van der Waals surface area contributed by atoms with Gasteiger partial charge in [-0.2, -0.15) is 0 Å². The number of pyridine rings is 1. The maximum atomic E-state index is 6.48. The van der Waals surface area contributed by atoms with Crippen molar-refractivity contribution >= 4 is 56.9 Å². The van der Waals surface area contributed by atoms with Crippen LogP contribution < -0.4 is 30.9 Å². The van der Waals surface area contributed by atoms with Crippen LogP contribution in [0.1, 0.15) is 22.3 Å². The van der Waals surface area contributed by atoms with Crippen LogP contribution in [0.3, 0.4) is 0 Å². The molecule has 0 saturated heterocycles. The topological polar surface area (TPSA) is 46.4 Å². The van der Waals surface area contributed by atoms with E-state index in [1.807, 2.05) is 18.2 Å². The number of rotatable bonds is 8. The molecule has 0 N–H and O–H groups in total. The lowest BCUT2D eigenvalue weighted by Crippen LogP contribution is -2.62. The number of aryl methyl sites for hydroxylation is 2. The van der Waals surface area contributed by atoms with Gasteiger partial charge in [0, 0.05) is 53.7 Å². The standard InChI is InChI=1S/C52H40BN5O/c1-35-15-13-16-36(2)51(35)58-46-22-10-9-21-43(46)55-52(58)39-26-28-44-41(31-39)53-42-32-40(59-49-25-11-12-30-54-49)27-29-45(42)57(34-38-19-7-4-8-20-38)48-24-14-23-47(50(48)53)56(44)33-37-17-5-3-6-18-37/h3-32H,33-34H2,1-2H3. The van der Waals surface area contributed by atoms with Crippen molar-refractivity contribution in [3.63, 3.8) is 0 Å². The van der Waals surface area contributed by atoms with E-state index in [-0.39, 0.29) is 6.71 Å². The van der Waals surface area contributed by atoms with Gasteiger partial charge in [-0.15, -0.1) is 0 Å². The molecule has 2 aromatic heterocycles. The molecule has 0 aliphatic carbocycles. The summed E-state index contributed by atoms with van der Waals surface area (Å²) in [6, 6.07) is 62.7. The first-order valence-corrected chi connectivity index (χ1v) is 20.3. The predicted molar refractivity (Wildman–Crippen MR) is 242 cm³/mol. The molecule has 7 heteroatoms. The normalized spacial score (nSPS) is 12.6. The van der Waals surface area contributed by atoms with Crippen molar-refractivity contribution in [1.29, 1.82) is 0 Å². The van der Waals surface area contributed by atoms with E-state index < -0.39 is 0 Å². The lowest BCUT2D eigenvalue weighted by atomic mass is 9.33. The Bertz CT molecular complexity index is 2990. The SMILES string of the molecule is Cc1cccc(C)c1-n1c(-c2ccc3c(c2)B2c4cc(Oc5ccccn5)ccc4N(Cc4ccccc4)c4cccc(c42)N3Cc2ccccc2)nc2ccccc21. The molecule has 11 rings (SSSR count). The van der Waals surface area contributed by atoms with Gasteiger partial charge in [0.15, 0.2) is 0 Å². The average Bonchev–Trinajstić information content (AvgIpc) is 3.65. The van der Waals surface area contributed by atoms with Crippen LogP contribution in [-0.4, -0.2) is 21.2 Å². The molecule has 0 amide bonds. The third kappa shape index (κ3) is 5.97. The smallest absolute Gasteiger partial charge is 0.252 e. The third-order valence-corrected chi connectivity index (χ3v) is 11.9. The lowest BCUT2D eigenvalue weighted by molar-refractivity contribution is 0.463. The molecule has 9 aromatic rings. The molecular formula is C52H40BN5O. The first-order valence-electron chi connectivity index (χ1n) is 20.3. The van der Waals surface area contributed by atoms with Crippen molar-refractivity contribution in [2.75, 3.05) is 9.80 Å². The van der Waals surface area contributed by atoms with Crippen LogP contribution in [0.25, 0.3) is 28.1 Å². The van der Waals surface area contributed by atoms with E-state index in [0.717, 1.165) is 46.9 Å². The van der Waals surface area contributed by atoms with Gasteiger partial charge in [-0.3, -0.25) is 4.57 Å². The molecule has 0 bridgehead atoms. The lowest BCUT2D eigenvalue weighted by Gasteiger charge is -2.44. The van der Waals surface area contributed by atoms with Gasteiger partial charge in [-0.05, 0) is 113 Å². The summed E-state index contributed by atoms with van der Waals surface area (Å²) >= 11 is 0. The second kappa shape index (κ2) is 14.2. The number of aromatic nitrogens is 3. The average molecular weight is 762 g/mol. The number of fused-ring (bicyclic) bond motifs is 5. The van der Waals surface area contributed by atoms with Crippen LogP contribution in [-0.2, 0) is 13.1 Å². The monoisotopic (exact) mass is 761 g/mol. The van der Waals surface area contributed by atoms with Gasteiger partial charge in [0.05, 0.1) is 16.7 Å². The Morgan fingerprint density at radius 2 is 1.15 bits per heavy atom. The Hall–Kier alpha value is -7.38. The molecular weight excluding hydrogens is 721 g/mol. The van der Waals surface area contributed by atoms with Gasteiger partial charge in [-0.1, -0.05) is 109 Å². The Kier molecular flexibility index (Phi) is 8.40. The number of ether oxygens (including phenoxy) is 1. The molecule has 282 valence electrons. The summed E-state index contributed by atoms with van der Waals surface area (Å²) in [4.78, 5) is 14.9. The van der Waals surface area contributed by atoms with Crippen molar-refractivity contribution in [1.82, 2.24) is 14.5 Å². The van der Waals surface area contributed by atoms with Gasteiger partial charge >= 0.3 is 0 Å². The highest BCUT2D eigenvalue weighted by Gasteiger charge is 2.43. The van der Waals surface area contributed by atoms with E-state index in [1.165, 1.54) is 61.4 Å². The molecule has 0 spiro atoms. The van der Waals surface area contributed by atoms with Crippen LogP contribution in [0.5, 0.6) is 11.6 Å². The minimum Gasteiger partial charge on any atom is -0.439 e. The van der Waals surface area contributed by atoms with E-state index in [0.29, 0.717) is 5.88 Å². The fourth-order valence-corrected chi connectivity index (χ4v) is 9.29. The van der Waals surface area contributed by atoms with Gasteiger partial charge in [0.2, 0.25) is 5.88 Å². The molecule has 0 fully saturated rings. The van der Waals surface area contributed by atoms with E-state index in [2.05, 4.69) is 191 Å². The van der Waals surface area contributed by atoms with E-state index in [9.17, 15) is 0 Å². The summed E-state index contributed by atoms with van der Waals surface area (Å²) < 4.78 is 8.84. The molecule has 59 heavy (non-hydrogen) atoms. The third-order valence-electron chi connectivity index (χ3n) is 11.9. The molecule has 7 aromatic carbocycles. The zero-order chi connectivity index (χ0) is 39.5. The van der Waals surface area contributed by atoms with Crippen molar-refractivity contribution in [2.24, 2.45) is 0 Å². The van der Waals surface area contributed by atoms with Crippen molar-refractivity contribution in [3.05, 3.63) is 204 Å². The van der Waals surface area contributed by atoms with Gasteiger partial charge in [0.1, 0.15) is 11.6 Å². The zero-order valence-electron chi connectivity index (χ0n) is 33.0. The summed E-state index contributed by atoms with van der Waals surface area (Å²) in [7, 11) is 0. The van der Waals surface area contributed by atoms with Crippen molar-refractivity contribution < 1.29 is 4.74 Å². The minimum atomic E-state index is -0.0875. The highest BCUT2D eigenvalue weighted by Crippen LogP contribution is 2.41. The minimum absolute atomic E-state index is 0.0875. The summed E-state index contributed by atoms with van der Waals surface area (Å²) in [5.74, 6) is 2.25. The number of benzene rings is 7. The quantitative estimate of drug-likeness (QED) is 0.144. The van der Waals surface area contributed by atoms with E-state index >= 15 is 0 Å². The molecule has 0 saturated carbocycles. The molecule has 0 radical (unpaired) electrons. The second-order valence-electron chi connectivity index (χ2n) is 15.6. The number of hydrogen-bond acceptors (Lipinski definition) is 5. The number of imidazole rings is 1. The van der Waals surface area contributed by atoms with Crippen LogP contribution in [0.15, 0.2) is 182 Å². The number of anilines is 4. The number of hydrogen-bond donors (Lipinski definition) is 0. The van der Waals surface area contributed by atoms with Gasteiger partial charge < -0.3 is 14.5 Å². The molecule has 2 aliphatic heterocycles. The molecule has 0 unspecified atom stereocenters. The van der Waals surface area contributed by atoms with Crippen molar-refractivity contribution in [3.8, 4) is 28.7 Å². The molecule has 2 aliphatic rings. The summed E-state index contributed by atoms with van der Waals surface area (Å²) in [5, 5.41) is 0. The van der Waals surface area contributed by atoms with Crippen LogP contribution in [0, 0.1) is 13.8 Å². The van der Waals surface area contributed by atoms with Crippen LogP contribution in [0.2, 0.25) is 0 Å². The Balaban J connectivity index is 1.17. The zero-order valence-corrected chi connectivity index (χ0v) is 33.0. The summed E-state index contributed by atoms with van der Waals surface area (Å²) in [5.41, 5.74) is 17.7. The molecule has 6 nitrogen and oxygen atoms in total. The Labute approximate surface area is 344 Å². The highest BCUT2D eigenvalue weighted by atomic mass is 16.5. The highest BCUT2D eigenvalue weighted by molar-refractivity contribution is 7.00. The summed E-state index contributed by atoms with van der Waals surface area (Å²) in [6.07, 6.45) is 1.77. The first kappa shape index (κ1) is 34.8. The predicted octanol–water partition coefficient (Wildman–Crippen LogP) is 10.3. The van der Waals surface area contributed by atoms with Crippen LogP contribution in [0.4, 0.5) is 22.7 Å². The van der Waals surface area contributed by atoms with Gasteiger partial charge in [-0.25, -0.2) is 9.97 Å². The van der Waals surface area contributed by atoms with Crippen LogP contribution >= 0.6 is 0 Å².